The number of aryl methyl sites for hydroxylation is 2. The number of fused-ring (bicyclic) bond motifs is 1. The molecule has 2 heterocycles. The van der Waals surface area contributed by atoms with E-state index in [1.165, 1.54) is 5.56 Å². The number of H-pyrrole nitrogens is 1. The number of carbonyl (C=O) groups excluding carboxylic acids is 1. The molecule has 1 aliphatic carbocycles. The van der Waals surface area contributed by atoms with E-state index in [-0.39, 0.29) is 6.03 Å². The van der Waals surface area contributed by atoms with Gasteiger partial charge in [-0.15, -0.1) is 0 Å². The molecule has 0 aliphatic heterocycles. The topological polar surface area (TPSA) is 62.3 Å². The highest BCUT2D eigenvalue weighted by Gasteiger charge is 2.22. The smallest absolute Gasteiger partial charge is 0.330 e. The van der Waals surface area contributed by atoms with Crippen LogP contribution in [0.4, 0.5) is 16.2 Å². The van der Waals surface area contributed by atoms with Crippen molar-refractivity contribution in [2.24, 2.45) is 0 Å². The number of hydrogen-bond donors (Lipinski definition) is 2. The van der Waals surface area contributed by atoms with Crippen molar-refractivity contribution in [2.45, 2.75) is 13.8 Å². The second-order valence-corrected chi connectivity index (χ2v) is 9.26. The molecule has 1 amide bonds. The minimum atomic E-state index is -0.217. The van der Waals surface area contributed by atoms with E-state index >= 15 is 0 Å². The number of methoxy groups -OCH3 is 1. The van der Waals surface area contributed by atoms with E-state index in [9.17, 15) is 4.79 Å². The number of benzene rings is 2. The number of nitrogens with one attached hydrogen (secondary N) is 2. The molecule has 182 valence electrons. The standard InChI is InChI=1S/C30H30N4O2/c1-19-14-20(2)31-26(19)16-23-15-22(18-29(23)36-5)28-17-21-8-6-7-9-27(21)34(28)30(35)32-24-10-12-25(13-11-24)33(3)4/h6-18,31H,1-5H3,(H,32,35). The molecule has 0 unspecified atom stereocenters. The van der Waals surface area contributed by atoms with Crippen molar-refractivity contribution in [3.05, 3.63) is 107 Å². The molecule has 0 radical (unpaired) electrons. The third-order valence-electron chi connectivity index (χ3n) is 6.44. The van der Waals surface area contributed by atoms with Gasteiger partial charge < -0.3 is 19.9 Å². The summed E-state index contributed by atoms with van der Waals surface area (Å²) in [5, 5.41) is 4.05. The van der Waals surface area contributed by atoms with Crippen molar-refractivity contribution in [1.82, 2.24) is 9.55 Å². The first-order chi connectivity index (χ1) is 17.3. The number of rotatable bonds is 5. The van der Waals surface area contributed by atoms with E-state index < -0.39 is 0 Å². The van der Waals surface area contributed by atoms with Crippen LogP contribution in [0.15, 0.2) is 84.1 Å². The predicted molar refractivity (Wildman–Crippen MR) is 148 cm³/mol. The Balaban J connectivity index is 1.56. The molecule has 0 spiro atoms. The molecule has 0 saturated heterocycles. The third kappa shape index (κ3) is 4.33. The van der Waals surface area contributed by atoms with E-state index in [0.29, 0.717) is 0 Å². The number of para-hydroxylation sites is 1. The van der Waals surface area contributed by atoms with E-state index in [0.717, 1.165) is 56.3 Å². The number of amides is 1. The number of allylic oxidation sites excluding steroid dienone is 3. The SMILES string of the molecule is COC1=CC(c2cc3ccccc3n2C(=O)Nc2ccc(N(C)C)cc2)=CC1=Cc1[nH]c(C)cc1C. The Morgan fingerprint density at radius 1 is 1.03 bits per heavy atom. The van der Waals surface area contributed by atoms with E-state index in [1.807, 2.05) is 86.6 Å². The average Bonchev–Trinajstić information content (AvgIpc) is 3.53. The number of hydrogen-bond acceptors (Lipinski definition) is 3. The van der Waals surface area contributed by atoms with Crippen LogP contribution in [0.5, 0.6) is 0 Å². The van der Waals surface area contributed by atoms with Crippen molar-refractivity contribution >= 4 is 40.0 Å². The average molecular weight is 479 g/mol. The molecule has 0 fully saturated rings. The Morgan fingerprint density at radius 3 is 2.44 bits per heavy atom. The largest absolute Gasteiger partial charge is 0.496 e. The van der Waals surface area contributed by atoms with Gasteiger partial charge in [-0.1, -0.05) is 18.2 Å². The molecule has 4 aromatic rings. The zero-order valence-corrected chi connectivity index (χ0v) is 21.2. The summed E-state index contributed by atoms with van der Waals surface area (Å²) in [5.41, 5.74) is 8.64. The number of carbonyl (C=O) groups is 1. The highest BCUT2D eigenvalue weighted by Crippen LogP contribution is 2.35. The summed E-state index contributed by atoms with van der Waals surface area (Å²) in [6.07, 6.45) is 6.14. The zero-order chi connectivity index (χ0) is 25.4. The van der Waals surface area contributed by atoms with Gasteiger partial charge >= 0.3 is 6.03 Å². The Bertz CT molecular complexity index is 1550. The molecule has 36 heavy (non-hydrogen) atoms. The predicted octanol–water partition coefficient (Wildman–Crippen LogP) is 6.74. The molecule has 6 nitrogen and oxygen atoms in total. The lowest BCUT2D eigenvalue weighted by Crippen LogP contribution is -2.21. The van der Waals surface area contributed by atoms with Crippen LogP contribution in [0.2, 0.25) is 0 Å². The lowest BCUT2D eigenvalue weighted by atomic mass is 10.1. The molecule has 0 bridgehead atoms. The van der Waals surface area contributed by atoms with E-state index in [2.05, 4.69) is 35.4 Å². The van der Waals surface area contributed by atoms with Gasteiger partial charge in [-0.3, -0.25) is 4.57 Å². The molecule has 2 aromatic heterocycles. The van der Waals surface area contributed by atoms with E-state index in [1.54, 1.807) is 11.7 Å². The summed E-state index contributed by atoms with van der Waals surface area (Å²) in [4.78, 5) is 19.0. The van der Waals surface area contributed by atoms with Gasteiger partial charge in [0.15, 0.2) is 0 Å². The maximum atomic E-state index is 13.6. The molecular formula is C30H30N4O2. The fourth-order valence-corrected chi connectivity index (χ4v) is 4.61. The van der Waals surface area contributed by atoms with Crippen molar-refractivity contribution in [3.8, 4) is 0 Å². The van der Waals surface area contributed by atoms with Gasteiger partial charge in [-0.05, 0) is 80.1 Å². The van der Waals surface area contributed by atoms with Crippen LogP contribution in [-0.4, -0.2) is 36.8 Å². The monoisotopic (exact) mass is 478 g/mol. The Kier molecular flexibility index (Phi) is 6.02. The lowest BCUT2D eigenvalue weighted by molar-refractivity contribution is 0.254. The fourth-order valence-electron chi connectivity index (χ4n) is 4.61. The number of aromatic nitrogens is 2. The second kappa shape index (κ2) is 9.30. The third-order valence-corrected chi connectivity index (χ3v) is 6.44. The lowest BCUT2D eigenvalue weighted by Gasteiger charge is -2.14. The molecule has 5 rings (SSSR count). The van der Waals surface area contributed by atoms with Crippen molar-refractivity contribution in [3.63, 3.8) is 0 Å². The molecule has 1 aliphatic rings. The van der Waals surface area contributed by atoms with Crippen LogP contribution in [0, 0.1) is 13.8 Å². The molecular weight excluding hydrogens is 448 g/mol. The summed E-state index contributed by atoms with van der Waals surface area (Å²) in [6, 6.07) is 19.7. The first-order valence-corrected chi connectivity index (χ1v) is 11.9. The van der Waals surface area contributed by atoms with Crippen LogP contribution in [0.3, 0.4) is 0 Å². The quantitative estimate of drug-likeness (QED) is 0.334. The van der Waals surface area contributed by atoms with Crippen LogP contribution in [0.1, 0.15) is 22.6 Å². The van der Waals surface area contributed by atoms with Gasteiger partial charge in [0, 0.05) is 53.4 Å². The molecule has 6 heteroatoms. The maximum absolute atomic E-state index is 13.6. The number of aromatic amines is 1. The van der Waals surface area contributed by atoms with Crippen LogP contribution in [0.25, 0.3) is 22.6 Å². The molecule has 2 aromatic carbocycles. The maximum Gasteiger partial charge on any atom is 0.330 e. The van der Waals surface area contributed by atoms with Gasteiger partial charge in [0.05, 0.1) is 18.3 Å². The normalized spacial score (nSPS) is 14.2. The van der Waals surface area contributed by atoms with Crippen molar-refractivity contribution in [2.75, 3.05) is 31.4 Å². The van der Waals surface area contributed by atoms with Gasteiger partial charge in [0.1, 0.15) is 5.76 Å². The van der Waals surface area contributed by atoms with Crippen molar-refractivity contribution in [1.29, 1.82) is 0 Å². The van der Waals surface area contributed by atoms with Gasteiger partial charge in [0.25, 0.3) is 0 Å². The highest BCUT2D eigenvalue weighted by atomic mass is 16.5. The zero-order valence-electron chi connectivity index (χ0n) is 21.2. The first-order valence-electron chi connectivity index (χ1n) is 11.9. The first kappa shape index (κ1) is 23.3. The highest BCUT2D eigenvalue weighted by molar-refractivity contribution is 6.03. The van der Waals surface area contributed by atoms with Gasteiger partial charge in [-0.2, -0.15) is 0 Å². The fraction of sp³-hybridized carbons (Fsp3) is 0.167. The number of nitrogens with zero attached hydrogens (tertiary/aromatic N) is 2. The summed E-state index contributed by atoms with van der Waals surface area (Å²) in [6.45, 7) is 4.13. The van der Waals surface area contributed by atoms with E-state index in [4.69, 9.17) is 4.74 Å². The summed E-state index contributed by atoms with van der Waals surface area (Å²) in [5.74, 6) is 0.758. The van der Waals surface area contributed by atoms with Gasteiger partial charge in [0.2, 0.25) is 0 Å². The number of ether oxygens (including phenoxy) is 1. The molecule has 2 N–H and O–H groups in total. The summed E-state index contributed by atoms with van der Waals surface area (Å²) < 4.78 is 7.44. The van der Waals surface area contributed by atoms with Crippen molar-refractivity contribution < 1.29 is 9.53 Å². The Labute approximate surface area is 211 Å². The Morgan fingerprint density at radius 2 is 1.78 bits per heavy atom. The number of anilines is 2. The molecule has 0 saturated carbocycles. The second-order valence-electron chi connectivity index (χ2n) is 9.26. The Hall–Kier alpha value is -4.45. The van der Waals surface area contributed by atoms with Crippen LogP contribution in [-0.2, 0) is 4.74 Å². The van der Waals surface area contributed by atoms with Gasteiger partial charge in [-0.25, -0.2) is 4.79 Å². The minimum Gasteiger partial charge on any atom is -0.496 e. The summed E-state index contributed by atoms with van der Waals surface area (Å²) >= 11 is 0. The van der Waals surface area contributed by atoms with Crippen LogP contribution < -0.4 is 10.2 Å². The molecule has 0 atom stereocenters. The summed E-state index contributed by atoms with van der Waals surface area (Å²) in [7, 11) is 5.65. The van der Waals surface area contributed by atoms with Crippen LogP contribution >= 0.6 is 0 Å². The minimum absolute atomic E-state index is 0.217.